The van der Waals surface area contributed by atoms with Gasteiger partial charge in [0.15, 0.2) is 0 Å². The third kappa shape index (κ3) is 6.93. The van der Waals surface area contributed by atoms with Crippen molar-refractivity contribution in [2.45, 2.75) is 32.5 Å². The van der Waals surface area contributed by atoms with Crippen LogP contribution < -0.4 is 10.1 Å². The minimum Gasteiger partial charge on any atom is -0.457 e. The van der Waals surface area contributed by atoms with Crippen LogP contribution in [-0.2, 0) is 17.0 Å². The molecule has 1 atom stereocenters. The van der Waals surface area contributed by atoms with Crippen LogP contribution in [0.15, 0.2) is 67.3 Å². The molecule has 6 heteroatoms. The van der Waals surface area contributed by atoms with Crippen molar-refractivity contribution in [2.24, 2.45) is 0 Å². The number of hydrogen-bond acceptors (Lipinski definition) is 2. The molecule has 1 unspecified atom stereocenters. The lowest BCUT2D eigenvalue weighted by molar-refractivity contribution is -0.116. The third-order valence-electron chi connectivity index (χ3n) is 4.34. The molecule has 0 aliphatic heterocycles. The average Bonchev–Trinajstić information content (AvgIpc) is 2.71. The lowest BCUT2D eigenvalue weighted by Gasteiger charge is -2.15. The Labute approximate surface area is 178 Å². The maximum absolute atomic E-state index is 13.4. The lowest BCUT2D eigenvalue weighted by atomic mass is 10.0. The van der Waals surface area contributed by atoms with Crippen molar-refractivity contribution in [3.05, 3.63) is 89.5 Å². The highest BCUT2D eigenvalue weighted by atomic mass is 31.0. The summed E-state index contributed by atoms with van der Waals surface area (Å²) in [6.45, 7) is 7.75. The second-order valence-electron chi connectivity index (χ2n) is 6.68. The molecule has 2 aromatic rings. The molecular formula is C24H26F2NO2P. The molecule has 158 valence electrons. The highest BCUT2D eigenvalue weighted by Crippen LogP contribution is 2.36. The molecule has 3 nitrogen and oxygen atoms in total. The van der Waals surface area contributed by atoms with Gasteiger partial charge in [-0.05, 0) is 72.5 Å². The number of nitrogens with one attached hydrogen (secondary N) is 1. The topological polar surface area (TPSA) is 38.3 Å². The van der Waals surface area contributed by atoms with E-state index in [9.17, 15) is 13.6 Å². The van der Waals surface area contributed by atoms with E-state index in [0.29, 0.717) is 18.0 Å². The van der Waals surface area contributed by atoms with Gasteiger partial charge in [-0.25, -0.2) is 0 Å². The molecule has 2 aromatic carbocycles. The highest BCUT2D eigenvalue weighted by molar-refractivity contribution is 7.17. The van der Waals surface area contributed by atoms with Gasteiger partial charge in [-0.3, -0.25) is 4.79 Å². The second-order valence-corrected chi connectivity index (χ2v) is 7.40. The Morgan fingerprint density at radius 3 is 2.53 bits per heavy atom. The zero-order chi connectivity index (χ0) is 22.1. The van der Waals surface area contributed by atoms with Crippen LogP contribution in [0.25, 0.3) is 6.08 Å². The third-order valence-corrected chi connectivity index (χ3v) is 4.67. The van der Waals surface area contributed by atoms with E-state index in [2.05, 4.69) is 18.8 Å². The van der Waals surface area contributed by atoms with Crippen LogP contribution in [0.5, 0.6) is 11.5 Å². The molecule has 30 heavy (non-hydrogen) atoms. The summed E-state index contributed by atoms with van der Waals surface area (Å²) in [5.41, 5.74) is -0.414. The Balaban J connectivity index is 2.35. The van der Waals surface area contributed by atoms with E-state index in [1.807, 2.05) is 43.4 Å². The Morgan fingerprint density at radius 1 is 1.23 bits per heavy atom. The predicted molar refractivity (Wildman–Crippen MR) is 122 cm³/mol. The van der Waals surface area contributed by atoms with Gasteiger partial charge in [0.2, 0.25) is 5.91 Å². The number of carbonyl (C=O) groups is 1. The van der Waals surface area contributed by atoms with Gasteiger partial charge in [0.1, 0.15) is 11.5 Å². The number of benzene rings is 2. The Hall–Kier alpha value is -2.78. The van der Waals surface area contributed by atoms with E-state index in [0.717, 1.165) is 23.1 Å². The lowest BCUT2D eigenvalue weighted by Crippen LogP contribution is -2.20. The molecule has 0 aromatic heterocycles. The molecule has 1 amide bonds. The van der Waals surface area contributed by atoms with E-state index in [-0.39, 0.29) is 11.5 Å². The summed E-state index contributed by atoms with van der Waals surface area (Å²) in [6, 6.07) is 9.50. The van der Waals surface area contributed by atoms with E-state index in [4.69, 9.17) is 4.74 Å². The van der Waals surface area contributed by atoms with Crippen molar-refractivity contribution in [2.75, 3.05) is 0 Å². The SMILES string of the molecule is C=CC(=O)NCc1cc(/C=C\C=C\CC)c(C)c(Oc2ccc(C(F)(F)P)cc2)c1. The molecule has 0 fully saturated rings. The first kappa shape index (κ1) is 23.5. The number of carbonyl (C=O) groups excluding carboxylic acids is 1. The first-order valence-electron chi connectivity index (χ1n) is 9.56. The van der Waals surface area contributed by atoms with Gasteiger partial charge in [0.05, 0.1) is 0 Å². The predicted octanol–water partition coefficient (Wildman–Crippen LogP) is 6.49. The largest absolute Gasteiger partial charge is 0.457 e. The van der Waals surface area contributed by atoms with Gasteiger partial charge in [0.25, 0.3) is 5.66 Å². The summed E-state index contributed by atoms with van der Waals surface area (Å²) >= 11 is 0. The minimum absolute atomic E-state index is 0.108. The number of allylic oxidation sites excluding steroid dienone is 3. The summed E-state index contributed by atoms with van der Waals surface area (Å²) in [7, 11) is 1.52. The van der Waals surface area contributed by atoms with E-state index >= 15 is 0 Å². The number of alkyl halides is 2. The number of halogens is 2. The second kappa shape index (κ2) is 10.8. The summed E-state index contributed by atoms with van der Waals surface area (Å²) in [5, 5.41) is 2.75. The number of ether oxygens (including phenoxy) is 1. The molecule has 0 aliphatic carbocycles. The molecule has 0 saturated heterocycles. The van der Waals surface area contributed by atoms with Crippen LogP contribution in [0.4, 0.5) is 8.78 Å². The summed E-state index contributed by atoms with van der Waals surface area (Å²) in [5.74, 6) is 0.768. The molecule has 0 heterocycles. The van der Waals surface area contributed by atoms with Crippen molar-refractivity contribution in [1.82, 2.24) is 5.32 Å². The van der Waals surface area contributed by atoms with E-state index in [1.165, 1.54) is 39.6 Å². The van der Waals surface area contributed by atoms with Crippen LogP contribution in [0.1, 0.15) is 35.6 Å². The quantitative estimate of drug-likeness (QED) is 0.281. The van der Waals surface area contributed by atoms with Gasteiger partial charge >= 0.3 is 0 Å². The molecule has 0 spiro atoms. The molecule has 0 radical (unpaired) electrons. The summed E-state index contributed by atoms with van der Waals surface area (Å²) in [6.07, 6.45) is 10.1. The zero-order valence-electron chi connectivity index (χ0n) is 17.1. The van der Waals surface area contributed by atoms with Gasteiger partial charge in [-0.2, -0.15) is 8.78 Å². The monoisotopic (exact) mass is 429 g/mol. The molecule has 0 saturated carbocycles. The van der Waals surface area contributed by atoms with Crippen LogP contribution in [0, 0.1) is 6.92 Å². The maximum Gasteiger partial charge on any atom is 0.283 e. The van der Waals surface area contributed by atoms with Gasteiger partial charge in [-0.1, -0.05) is 47.0 Å². The van der Waals surface area contributed by atoms with Gasteiger partial charge < -0.3 is 10.1 Å². The molecular weight excluding hydrogens is 403 g/mol. The van der Waals surface area contributed by atoms with Crippen LogP contribution >= 0.6 is 9.24 Å². The smallest absolute Gasteiger partial charge is 0.283 e. The maximum atomic E-state index is 13.4. The van der Waals surface area contributed by atoms with Crippen molar-refractivity contribution in [3.8, 4) is 11.5 Å². The average molecular weight is 429 g/mol. The van der Waals surface area contributed by atoms with Crippen molar-refractivity contribution >= 4 is 21.2 Å². The first-order chi connectivity index (χ1) is 14.2. The summed E-state index contributed by atoms with van der Waals surface area (Å²) < 4.78 is 32.8. The Bertz CT molecular complexity index is 945. The van der Waals surface area contributed by atoms with Crippen LogP contribution in [0.3, 0.4) is 0 Å². The fourth-order valence-electron chi connectivity index (χ4n) is 2.66. The normalized spacial score (nSPS) is 11.8. The first-order valence-corrected chi connectivity index (χ1v) is 10.1. The molecule has 0 aliphatic rings. The van der Waals surface area contributed by atoms with E-state index < -0.39 is 5.66 Å². The molecule has 2 rings (SSSR count). The number of amides is 1. The van der Waals surface area contributed by atoms with Crippen LogP contribution in [0.2, 0.25) is 0 Å². The Kier molecular flexibility index (Phi) is 8.49. The number of rotatable bonds is 9. The van der Waals surface area contributed by atoms with Crippen molar-refractivity contribution in [1.29, 1.82) is 0 Å². The van der Waals surface area contributed by atoms with E-state index in [1.54, 1.807) is 0 Å². The fraction of sp³-hybridized carbons (Fsp3) is 0.208. The molecule has 0 bridgehead atoms. The zero-order valence-corrected chi connectivity index (χ0v) is 18.3. The molecule has 1 N–H and O–H groups in total. The highest BCUT2D eigenvalue weighted by Gasteiger charge is 2.24. The summed E-state index contributed by atoms with van der Waals surface area (Å²) in [4.78, 5) is 11.5. The minimum atomic E-state index is -2.98. The fourth-order valence-corrected chi connectivity index (χ4v) is 2.85. The number of hydrogen-bond donors (Lipinski definition) is 1. The van der Waals surface area contributed by atoms with Crippen molar-refractivity contribution in [3.63, 3.8) is 0 Å². The van der Waals surface area contributed by atoms with Gasteiger partial charge in [0, 0.05) is 12.1 Å². The van der Waals surface area contributed by atoms with Gasteiger partial charge in [-0.15, -0.1) is 0 Å². The van der Waals surface area contributed by atoms with Crippen molar-refractivity contribution < 1.29 is 18.3 Å². The van der Waals surface area contributed by atoms with Crippen LogP contribution in [-0.4, -0.2) is 5.91 Å². The standard InChI is InChI=1S/C24H26F2NO2P/c1-4-6-7-8-9-19-14-18(16-27-23(28)5-2)15-22(17(19)3)29-21-12-10-20(11-13-21)24(25,26)30/h5-15H,2,4,16,30H2,1,3H3,(H,27,28)/b7-6+,9-8-. The Morgan fingerprint density at radius 2 is 1.93 bits per heavy atom.